The summed E-state index contributed by atoms with van der Waals surface area (Å²) < 4.78 is 66.3. The van der Waals surface area contributed by atoms with Crippen molar-refractivity contribution >= 4 is 75.2 Å². The SMILES string of the molecule is C[C@@H]1CN2c3c(cc4c(OC(=O)Oc5noc6c(F)c7c(cc56)CC5(C(=O)NC(=O)NC5=O)[C@H]5[C@H](C)O[C@H](C)CN75)noc4c3F)CC3(C(=O)NC(=O)NC3=O)[C@H]2[C@H](C)O1. The Labute approximate surface area is 334 Å². The van der Waals surface area contributed by atoms with Crippen LogP contribution in [0.25, 0.3) is 21.9 Å². The third-order valence-corrected chi connectivity index (χ3v) is 12.2. The predicted octanol–water partition coefficient (Wildman–Crippen LogP) is 1.61. The lowest BCUT2D eigenvalue weighted by atomic mass is 9.66. The lowest BCUT2D eigenvalue weighted by Gasteiger charge is -2.55. The van der Waals surface area contributed by atoms with Crippen LogP contribution in [-0.2, 0) is 41.5 Å². The molecular formula is C37H32F2N8O13. The Bertz CT molecular complexity index is 2460. The highest BCUT2D eigenvalue weighted by Crippen LogP contribution is 2.52. The van der Waals surface area contributed by atoms with Gasteiger partial charge in [-0.3, -0.25) is 40.4 Å². The van der Waals surface area contributed by atoms with Gasteiger partial charge in [0.2, 0.25) is 34.8 Å². The highest BCUT2D eigenvalue weighted by Gasteiger charge is 2.65. The minimum Gasteiger partial charge on any atom is -0.372 e. The summed E-state index contributed by atoms with van der Waals surface area (Å²) in [6.07, 6.45) is -4.81. The Morgan fingerprint density at radius 1 is 0.667 bits per heavy atom. The minimum atomic E-state index is -1.94. The minimum absolute atomic E-state index is 0.00814. The van der Waals surface area contributed by atoms with E-state index < -0.39 is 137 Å². The van der Waals surface area contributed by atoms with E-state index in [-0.39, 0.29) is 46.4 Å². The maximum atomic E-state index is 16.6. The monoisotopic (exact) mass is 834 g/mol. The molecule has 2 spiro atoms. The van der Waals surface area contributed by atoms with Crippen LogP contribution in [0.15, 0.2) is 21.2 Å². The fourth-order valence-corrected chi connectivity index (χ4v) is 10.2. The van der Waals surface area contributed by atoms with Gasteiger partial charge in [0.1, 0.15) is 0 Å². The third-order valence-electron chi connectivity index (χ3n) is 12.2. The second-order valence-corrected chi connectivity index (χ2v) is 15.8. The smallest absolute Gasteiger partial charge is 0.372 e. The summed E-state index contributed by atoms with van der Waals surface area (Å²) in [6, 6.07) is -1.44. The zero-order chi connectivity index (χ0) is 42.3. The van der Waals surface area contributed by atoms with Crippen LogP contribution in [0.2, 0.25) is 0 Å². The van der Waals surface area contributed by atoms with Crippen LogP contribution in [0, 0.1) is 22.5 Å². The summed E-state index contributed by atoms with van der Waals surface area (Å²) in [7, 11) is 0. The van der Waals surface area contributed by atoms with Gasteiger partial charge in [-0.15, -0.1) is 0 Å². The van der Waals surface area contributed by atoms with Gasteiger partial charge < -0.3 is 37.8 Å². The van der Waals surface area contributed by atoms with Gasteiger partial charge in [-0.1, -0.05) is 0 Å². The maximum Gasteiger partial charge on any atom is 0.522 e. The highest BCUT2D eigenvalue weighted by atomic mass is 19.1. The van der Waals surface area contributed by atoms with Gasteiger partial charge in [0.05, 0.1) is 58.6 Å². The van der Waals surface area contributed by atoms with E-state index in [0.29, 0.717) is 0 Å². The fraction of sp³-hybridized carbons (Fsp3) is 0.432. The van der Waals surface area contributed by atoms with Crippen molar-refractivity contribution in [1.29, 1.82) is 0 Å². The van der Waals surface area contributed by atoms with Crippen molar-refractivity contribution in [3.63, 3.8) is 0 Å². The number of ether oxygens (including phenoxy) is 4. The van der Waals surface area contributed by atoms with Gasteiger partial charge in [-0.25, -0.2) is 23.2 Å². The van der Waals surface area contributed by atoms with Crippen molar-refractivity contribution in [2.24, 2.45) is 10.8 Å². The molecular weight excluding hydrogens is 802 g/mol. The number of anilines is 2. The van der Waals surface area contributed by atoms with Gasteiger partial charge in [-0.2, -0.15) is 0 Å². The second kappa shape index (κ2) is 12.6. The van der Waals surface area contributed by atoms with E-state index in [1.54, 1.807) is 27.7 Å². The number of imide groups is 4. The second-order valence-electron chi connectivity index (χ2n) is 15.8. The molecule has 6 aliphatic heterocycles. The summed E-state index contributed by atoms with van der Waals surface area (Å²) in [5.74, 6) is -6.69. The molecule has 2 aromatic heterocycles. The number of hydrogen-bond donors (Lipinski definition) is 4. The molecule has 10 rings (SSSR count). The van der Waals surface area contributed by atoms with E-state index in [9.17, 15) is 33.6 Å². The van der Waals surface area contributed by atoms with Crippen LogP contribution in [0.5, 0.6) is 11.8 Å². The predicted molar refractivity (Wildman–Crippen MR) is 193 cm³/mol. The van der Waals surface area contributed by atoms with Gasteiger partial charge >= 0.3 is 18.2 Å². The molecule has 4 N–H and O–H groups in total. The molecule has 0 radical (unpaired) electrons. The number of benzene rings is 2. The van der Waals surface area contributed by atoms with Crippen LogP contribution in [0.1, 0.15) is 38.8 Å². The standard InChI is InChI=1S/C37H32F2N8O13/c1-11-9-46-21-15(7-36(25(46)13(3)55-11)29(48)40-33(52)41-30(36)49)5-17-23(19(21)38)59-44-27(17)57-35(54)58-28-18-6-16-8-37(31(50)42-34(53)43-32(37)51)26-14(4)56-12(2)10-47(26)22(16)20(39)24(18)60-45-28/h5-6,11-14,25-26H,7-10H2,1-4H3,(H2,40,41,48,49,52)(H2,42,43,50,51,53)/t11-,12-,13+,14+,25-,26-/m1/s1. The van der Waals surface area contributed by atoms with Crippen LogP contribution in [0.3, 0.4) is 0 Å². The molecule has 8 heterocycles. The van der Waals surface area contributed by atoms with E-state index in [1.165, 1.54) is 21.9 Å². The summed E-state index contributed by atoms with van der Waals surface area (Å²) in [5.41, 5.74) is -4.55. The lowest BCUT2D eigenvalue weighted by Crippen LogP contribution is -2.75. The average Bonchev–Trinajstić information content (AvgIpc) is 3.75. The average molecular weight is 835 g/mol. The Kier molecular flexibility index (Phi) is 7.90. The normalized spacial score (nSPS) is 27.8. The number of urea groups is 2. The third kappa shape index (κ3) is 4.98. The lowest BCUT2D eigenvalue weighted by molar-refractivity contribution is -0.154. The number of carbonyl (C=O) groups is 7. The first-order valence-corrected chi connectivity index (χ1v) is 18.8. The number of carbonyl (C=O) groups excluding carboxylic acids is 7. The summed E-state index contributed by atoms with van der Waals surface area (Å²) >= 11 is 0. The van der Waals surface area contributed by atoms with E-state index in [0.717, 1.165) is 0 Å². The molecule has 2 aromatic carbocycles. The number of nitrogens with zero attached hydrogens (tertiary/aromatic N) is 4. The van der Waals surface area contributed by atoms with Gasteiger partial charge in [0, 0.05) is 25.9 Å². The number of hydrogen-bond acceptors (Lipinski definition) is 17. The van der Waals surface area contributed by atoms with Gasteiger partial charge in [-0.05, 0) is 61.3 Å². The number of morpholine rings is 2. The van der Waals surface area contributed by atoms with Crippen molar-refractivity contribution in [1.82, 2.24) is 31.6 Å². The van der Waals surface area contributed by atoms with Crippen molar-refractivity contribution in [2.45, 2.75) is 77.0 Å². The number of nitrogens with one attached hydrogen (secondary N) is 4. The Morgan fingerprint density at radius 2 is 1.03 bits per heavy atom. The van der Waals surface area contributed by atoms with Crippen molar-refractivity contribution in [3.05, 3.63) is 34.9 Å². The van der Waals surface area contributed by atoms with Gasteiger partial charge in [0.15, 0.2) is 22.5 Å². The van der Waals surface area contributed by atoms with Crippen LogP contribution < -0.4 is 40.5 Å². The molecule has 6 atom stereocenters. The molecule has 4 saturated heterocycles. The number of amides is 8. The molecule has 312 valence electrons. The van der Waals surface area contributed by atoms with Crippen LogP contribution >= 0.6 is 0 Å². The molecule has 0 bridgehead atoms. The van der Waals surface area contributed by atoms with E-state index in [2.05, 4.69) is 31.6 Å². The van der Waals surface area contributed by atoms with Crippen molar-refractivity contribution in [3.8, 4) is 11.8 Å². The molecule has 8 amide bonds. The number of aromatic nitrogens is 2. The molecule has 60 heavy (non-hydrogen) atoms. The molecule has 4 fully saturated rings. The molecule has 0 aliphatic carbocycles. The summed E-state index contributed by atoms with van der Waals surface area (Å²) in [4.78, 5) is 94.9. The fourth-order valence-electron chi connectivity index (χ4n) is 10.2. The number of barbiturate groups is 2. The Hall–Kier alpha value is -6.75. The molecule has 21 nitrogen and oxygen atoms in total. The maximum absolute atomic E-state index is 16.6. The molecule has 0 saturated carbocycles. The Balaban J connectivity index is 0.994. The zero-order valence-corrected chi connectivity index (χ0v) is 31.8. The van der Waals surface area contributed by atoms with Gasteiger partial charge in [0.25, 0.3) is 11.8 Å². The summed E-state index contributed by atoms with van der Waals surface area (Å²) in [6.45, 7) is 6.83. The zero-order valence-electron chi connectivity index (χ0n) is 31.8. The molecule has 6 aliphatic rings. The first kappa shape index (κ1) is 37.5. The summed E-state index contributed by atoms with van der Waals surface area (Å²) in [5, 5.41) is 15.6. The quantitative estimate of drug-likeness (QED) is 0.165. The molecule has 4 aromatic rings. The molecule has 0 unspecified atom stereocenters. The van der Waals surface area contributed by atoms with E-state index >= 15 is 8.78 Å². The number of rotatable bonds is 2. The Morgan fingerprint density at radius 3 is 1.40 bits per heavy atom. The number of fused-ring (bicyclic) bond motifs is 10. The highest BCUT2D eigenvalue weighted by molar-refractivity contribution is 6.21. The van der Waals surface area contributed by atoms with E-state index in [1.807, 2.05) is 0 Å². The first-order chi connectivity index (χ1) is 28.5. The van der Waals surface area contributed by atoms with Crippen LogP contribution in [0.4, 0.5) is 34.5 Å². The topological polar surface area (TPSA) is 263 Å². The largest absolute Gasteiger partial charge is 0.522 e. The van der Waals surface area contributed by atoms with Crippen molar-refractivity contribution < 1.29 is 70.3 Å². The first-order valence-electron chi connectivity index (χ1n) is 18.8. The van der Waals surface area contributed by atoms with Crippen LogP contribution in [-0.4, -0.2) is 102 Å². The molecule has 23 heteroatoms. The number of halogens is 2. The van der Waals surface area contributed by atoms with Crippen molar-refractivity contribution in [2.75, 3.05) is 22.9 Å². The van der Waals surface area contributed by atoms with E-state index in [4.69, 9.17) is 28.0 Å².